The van der Waals surface area contributed by atoms with Gasteiger partial charge < -0.3 is 10.2 Å². The van der Waals surface area contributed by atoms with Crippen LogP contribution < -0.4 is 0 Å². The predicted octanol–water partition coefficient (Wildman–Crippen LogP) is 5.74. The summed E-state index contributed by atoms with van der Waals surface area (Å²) in [4.78, 5) is 0. The summed E-state index contributed by atoms with van der Waals surface area (Å²) in [5.41, 5.74) is 6.27. The zero-order chi connectivity index (χ0) is 17.7. The molecular weight excluding hydrogens is 296 g/mol. The Labute approximate surface area is 146 Å². The van der Waals surface area contributed by atoms with E-state index in [2.05, 4.69) is 19.1 Å². The van der Waals surface area contributed by atoms with Gasteiger partial charge in [-0.15, -0.1) is 0 Å². The van der Waals surface area contributed by atoms with E-state index in [0.717, 1.165) is 41.5 Å². The maximum atomic E-state index is 10.3. The summed E-state index contributed by atoms with van der Waals surface area (Å²) in [5.74, 6) is 0.838. The molecule has 0 bridgehead atoms. The molecule has 0 heterocycles. The lowest BCUT2D eigenvalue weighted by Crippen LogP contribution is -1.96. The van der Waals surface area contributed by atoms with Crippen LogP contribution in [0, 0.1) is 20.8 Å². The van der Waals surface area contributed by atoms with E-state index in [1.165, 1.54) is 30.4 Å². The number of aromatic hydroxyl groups is 2. The highest BCUT2D eigenvalue weighted by Gasteiger charge is 2.09. The average molecular weight is 326 g/mol. The molecule has 0 fully saturated rings. The van der Waals surface area contributed by atoms with Gasteiger partial charge in [0.15, 0.2) is 0 Å². The number of phenolic OH excluding ortho intramolecular Hbond substituents is 2. The van der Waals surface area contributed by atoms with Gasteiger partial charge in [-0.25, -0.2) is 0 Å². The van der Waals surface area contributed by atoms with E-state index in [0.29, 0.717) is 11.5 Å². The summed E-state index contributed by atoms with van der Waals surface area (Å²) in [6, 6.07) is 8.31. The predicted molar refractivity (Wildman–Crippen MR) is 101 cm³/mol. The molecule has 2 nitrogen and oxygen atoms in total. The lowest BCUT2D eigenvalue weighted by atomic mass is 9.95. The molecule has 2 rings (SSSR count). The van der Waals surface area contributed by atoms with Crippen LogP contribution in [0.3, 0.4) is 0 Å². The Balaban J connectivity index is 2.20. The SMILES string of the molecule is CCCCCCc1cc(Cc2cc(C)c(O)c(C)c2)cc(C)c1O. The van der Waals surface area contributed by atoms with Crippen LogP contribution in [0.2, 0.25) is 0 Å². The number of hydrogen-bond acceptors (Lipinski definition) is 2. The second-order valence-electron chi connectivity index (χ2n) is 6.99. The molecule has 0 saturated heterocycles. The third-order valence-electron chi connectivity index (χ3n) is 4.70. The van der Waals surface area contributed by atoms with Crippen LogP contribution >= 0.6 is 0 Å². The average Bonchev–Trinajstić information content (AvgIpc) is 2.53. The van der Waals surface area contributed by atoms with E-state index in [1.807, 2.05) is 32.9 Å². The molecule has 24 heavy (non-hydrogen) atoms. The van der Waals surface area contributed by atoms with Gasteiger partial charge >= 0.3 is 0 Å². The Morgan fingerprint density at radius 3 is 1.83 bits per heavy atom. The van der Waals surface area contributed by atoms with Crippen molar-refractivity contribution >= 4 is 0 Å². The fourth-order valence-corrected chi connectivity index (χ4v) is 3.35. The number of unbranched alkanes of at least 4 members (excludes halogenated alkanes) is 3. The fraction of sp³-hybridized carbons (Fsp3) is 0.455. The molecule has 0 amide bonds. The maximum absolute atomic E-state index is 10.3. The van der Waals surface area contributed by atoms with Gasteiger partial charge in [-0.3, -0.25) is 0 Å². The van der Waals surface area contributed by atoms with E-state index >= 15 is 0 Å². The van der Waals surface area contributed by atoms with E-state index in [1.54, 1.807) is 0 Å². The number of hydrogen-bond donors (Lipinski definition) is 2. The van der Waals surface area contributed by atoms with Gasteiger partial charge in [0.1, 0.15) is 11.5 Å². The first kappa shape index (κ1) is 18.4. The molecule has 2 heteroatoms. The van der Waals surface area contributed by atoms with E-state index in [4.69, 9.17) is 0 Å². The Morgan fingerprint density at radius 2 is 1.25 bits per heavy atom. The van der Waals surface area contributed by atoms with Crippen molar-refractivity contribution in [3.8, 4) is 11.5 Å². The summed E-state index contributed by atoms with van der Waals surface area (Å²) in [6.45, 7) is 8.06. The first-order valence-electron chi connectivity index (χ1n) is 9.02. The molecule has 0 aliphatic heterocycles. The highest BCUT2D eigenvalue weighted by Crippen LogP contribution is 2.29. The molecule has 0 spiro atoms. The van der Waals surface area contributed by atoms with E-state index < -0.39 is 0 Å². The first-order valence-corrected chi connectivity index (χ1v) is 9.02. The minimum absolute atomic E-state index is 0.386. The number of benzene rings is 2. The standard InChI is InChI=1S/C22H30O2/c1-5-6-7-8-9-20-14-19(12-17(4)22(20)24)13-18-10-15(2)21(23)16(3)11-18/h10-12,14,23-24H,5-9,13H2,1-4H3. The van der Waals surface area contributed by atoms with Crippen molar-refractivity contribution in [1.82, 2.24) is 0 Å². The van der Waals surface area contributed by atoms with Crippen molar-refractivity contribution < 1.29 is 10.2 Å². The molecule has 0 aliphatic carbocycles. The molecular formula is C22H30O2. The number of phenols is 2. The fourth-order valence-electron chi connectivity index (χ4n) is 3.35. The minimum atomic E-state index is 0.386. The molecule has 0 saturated carbocycles. The molecule has 130 valence electrons. The molecule has 0 unspecified atom stereocenters. The van der Waals surface area contributed by atoms with Crippen molar-refractivity contribution in [3.05, 3.63) is 57.6 Å². The zero-order valence-corrected chi connectivity index (χ0v) is 15.4. The molecule has 0 atom stereocenters. The van der Waals surface area contributed by atoms with Crippen LogP contribution in [0.4, 0.5) is 0 Å². The van der Waals surface area contributed by atoms with Gasteiger partial charge in [-0.05, 0) is 73.4 Å². The van der Waals surface area contributed by atoms with Crippen LogP contribution in [0.25, 0.3) is 0 Å². The summed E-state index contributed by atoms with van der Waals surface area (Å²) < 4.78 is 0. The topological polar surface area (TPSA) is 40.5 Å². The second kappa shape index (κ2) is 8.23. The molecule has 0 aliphatic rings. The summed E-state index contributed by atoms with van der Waals surface area (Å²) >= 11 is 0. The zero-order valence-electron chi connectivity index (χ0n) is 15.4. The third kappa shape index (κ3) is 4.53. The highest BCUT2D eigenvalue weighted by molar-refractivity contribution is 5.47. The van der Waals surface area contributed by atoms with Crippen LogP contribution in [0.1, 0.15) is 66.0 Å². The van der Waals surface area contributed by atoms with Crippen LogP contribution in [0.15, 0.2) is 24.3 Å². The monoisotopic (exact) mass is 326 g/mol. The Kier molecular flexibility index (Phi) is 6.30. The van der Waals surface area contributed by atoms with Crippen molar-refractivity contribution in [3.63, 3.8) is 0 Å². The van der Waals surface area contributed by atoms with E-state index in [-0.39, 0.29) is 0 Å². The maximum Gasteiger partial charge on any atom is 0.121 e. The van der Waals surface area contributed by atoms with Crippen molar-refractivity contribution in [2.24, 2.45) is 0 Å². The Hall–Kier alpha value is -1.96. The first-order chi connectivity index (χ1) is 11.4. The smallest absolute Gasteiger partial charge is 0.121 e. The Bertz CT molecular complexity index is 678. The summed E-state index contributed by atoms with van der Waals surface area (Å²) in [6.07, 6.45) is 6.59. The van der Waals surface area contributed by atoms with Gasteiger partial charge in [0, 0.05) is 0 Å². The lowest BCUT2D eigenvalue weighted by Gasteiger charge is -2.13. The second-order valence-corrected chi connectivity index (χ2v) is 6.99. The largest absolute Gasteiger partial charge is 0.507 e. The van der Waals surface area contributed by atoms with Gasteiger partial charge in [-0.1, -0.05) is 50.5 Å². The molecule has 0 aromatic heterocycles. The summed E-state index contributed by atoms with van der Waals surface area (Å²) in [5, 5.41) is 20.3. The van der Waals surface area contributed by atoms with Crippen molar-refractivity contribution in [2.45, 2.75) is 66.2 Å². The molecule has 2 aromatic rings. The third-order valence-corrected chi connectivity index (χ3v) is 4.70. The van der Waals surface area contributed by atoms with E-state index in [9.17, 15) is 10.2 Å². The van der Waals surface area contributed by atoms with Crippen molar-refractivity contribution in [2.75, 3.05) is 0 Å². The minimum Gasteiger partial charge on any atom is -0.507 e. The quantitative estimate of drug-likeness (QED) is 0.637. The number of aryl methyl sites for hydroxylation is 4. The van der Waals surface area contributed by atoms with Crippen LogP contribution in [-0.4, -0.2) is 10.2 Å². The van der Waals surface area contributed by atoms with Crippen LogP contribution in [0.5, 0.6) is 11.5 Å². The highest BCUT2D eigenvalue weighted by atomic mass is 16.3. The van der Waals surface area contributed by atoms with Crippen molar-refractivity contribution in [1.29, 1.82) is 0 Å². The van der Waals surface area contributed by atoms with Gasteiger partial charge in [0.25, 0.3) is 0 Å². The normalized spacial score (nSPS) is 11.0. The molecule has 0 radical (unpaired) electrons. The number of rotatable bonds is 7. The lowest BCUT2D eigenvalue weighted by molar-refractivity contribution is 0.461. The summed E-state index contributed by atoms with van der Waals surface area (Å²) in [7, 11) is 0. The molecule has 2 aromatic carbocycles. The van der Waals surface area contributed by atoms with Gasteiger partial charge in [0.05, 0.1) is 0 Å². The Morgan fingerprint density at radius 1 is 0.708 bits per heavy atom. The van der Waals surface area contributed by atoms with Gasteiger partial charge in [-0.2, -0.15) is 0 Å². The van der Waals surface area contributed by atoms with Crippen LogP contribution in [-0.2, 0) is 12.8 Å². The van der Waals surface area contributed by atoms with Gasteiger partial charge in [0.2, 0.25) is 0 Å². The molecule has 2 N–H and O–H groups in total.